The largest absolute Gasteiger partial charge is 0.497 e. The van der Waals surface area contributed by atoms with Crippen molar-refractivity contribution >= 4 is 6.03 Å². The zero-order valence-corrected chi connectivity index (χ0v) is 13.6. The second-order valence-corrected chi connectivity index (χ2v) is 6.49. The van der Waals surface area contributed by atoms with E-state index in [1.807, 2.05) is 5.32 Å². The Morgan fingerprint density at radius 1 is 1.33 bits per heavy atom. The number of hydrogen-bond acceptors (Lipinski definition) is 3. The van der Waals surface area contributed by atoms with Crippen LogP contribution in [0.25, 0.3) is 0 Å². The fourth-order valence-corrected chi connectivity index (χ4v) is 2.63. The quantitative estimate of drug-likeness (QED) is 0.785. The molecule has 1 aromatic rings. The van der Waals surface area contributed by atoms with Crippen LogP contribution in [0.15, 0.2) is 24.3 Å². The predicted octanol–water partition coefficient (Wildman–Crippen LogP) is 2.76. The SMILES string of the molecule is COc1ccc(C(NC(=O)NC2CC(O)C2(C)C)C(F)(F)F)cc1. The monoisotopic (exact) mass is 346 g/mol. The van der Waals surface area contributed by atoms with E-state index in [2.05, 4.69) is 5.32 Å². The molecule has 0 aliphatic heterocycles. The molecular weight excluding hydrogens is 325 g/mol. The summed E-state index contributed by atoms with van der Waals surface area (Å²) in [5, 5.41) is 14.1. The van der Waals surface area contributed by atoms with Crippen molar-refractivity contribution in [2.45, 2.75) is 44.6 Å². The van der Waals surface area contributed by atoms with Crippen molar-refractivity contribution in [2.24, 2.45) is 5.41 Å². The van der Waals surface area contributed by atoms with Gasteiger partial charge in [0.2, 0.25) is 0 Å². The summed E-state index contributed by atoms with van der Waals surface area (Å²) in [6.45, 7) is 3.49. The van der Waals surface area contributed by atoms with E-state index in [9.17, 15) is 23.1 Å². The van der Waals surface area contributed by atoms with Crippen LogP contribution in [0, 0.1) is 5.41 Å². The number of rotatable bonds is 4. The summed E-state index contributed by atoms with van der Waals surface area (Å²) >= 11 is 0. The lowest BCUT2D eigenvalue weighted by atomic mass is 9.65. The van der Waals surface area contributed by atoms with Crippen LogP contribution < -0.4 is 15.4 Å². The van der Waals surface area contributed by atoms with Crippen LogP contribution in [0.1, 0.15) is 31.9 Å². The van der Waals surface area contributed by atoms with Crippen molar-refractivity contribution in [1.82, 2.24) is 10.6 Å². The predicted molar refractivity (Wildman–Crippen MR) is 81.7 cm³/mol. The van der Waals surface area contributed by atoms with Gasteiger partial charge < -0.3 is 20.5 Å². The number of benzene rings is 1. The molecule has 0 bridgehead atoms. The average Bonchev–Trinajstić information content (AvgIpc) is 2.51. The van der Waals surface area contributed by atoms with Crippen LogP contribution in [0.3, 0.4) is 0 Å². The van der Waals surface area contributed by atoms with Gasteiger partial charge in [-0.1, -0.05) is 26.0 Å². The van der Waals surface area contributed by atoms with Gasteiger partial charge in [0, 0.05) is 11.5 Å². The summed E-state index contributed by atoms with van der Waals surface area (Å²) in [4.78, 5) is 12.0. The first-order valence-corrected chi connectivity index (χ1v) is 7.51. The molecule has 0 aromatic heterocycles. The molecule has 2 amide bonds. The maximum atomic E-state index is 13.3. The molecule has 3 unspecified atom stereocenters. The minimum Gasteiger partial charge on any atom is -0.497 e. The molecule has 0 heterocycles. The molecule has 5 nitrogen and oxygen atoms in total. The lowest BCUT2D eigenvalue weighted by Crippen LogP contribution is -2.63. The van der Waals surface area contributed by atoms with E-state index in [4.69, 9.17) is 4.74 Å². The fraction of sp³-hybridized carbons (Fsp3) is 0.562. The molecule has 2 rings (SSSR count). The van der Waals surface area contributed by atoms with Gasteiger partial charge in [0.05, 0.1) is 13.2 Å². The molecular formula is C16H21F3N2O3. The van der Waals surface area contributed by atoms with E-state index in [1.54, 1.807) is 13.8 Å². The van der Waals surface area contributed by atoms with Gasteiger partial charge in [-0.3, -0.25) is 0 Å². The first-order valence-electron chi connectivity index (χ1n) is 7.51. The molecule has 1 fully saturated rings. The molecule has 1 aliphatic rings. The maximum Gasteiger partial charge on any atom is 0.412 e. The summed E-state index contributed by atoms with van der Waals surface area (Å²) in [7, 11) is 1.41. The summed E-state index contributed by atoms with van der Waals surface area (Å²) in [5.41, 5.74) is -0.656. The van der Waals surface area contributed by atoms with Crippen LogP contribution >= 0.6 is 0 Å². The highest BCUT2D eigenvalue weighted by Crippen LogP contribution is 2.40. The zero-order valence-electron chi connectivity index (χ0n) is 13.6. The number of halogens is 3. The lowest BCUT2D eigenvalue weighted by Gasteiger charge is -2.49. The summed E-state index contributed by atoms with van der Waals surface area (Å²) in [6, 6.07) is 1.90. The number of nitrogens with one attached hydrogen (secondary N) is 2. The minimum absolute atomic E-state index is 0.0913. The Labute approximate surface area is 138 Å². The molecule has 134 valence electrons. The lowest BCUT2D eigenvalue weighted by molar-refractivity contribution is -0.155. The Morgan fingerprint density at radius 2 is 1.92 bits per heavy atom. The van der Waals surface area contributed by atoms with E-state index in [1.165, 1.54) is 31.4 Å². The first-order chi connectivity index (χ1) is 11.1. The third-order valence-corrected chi connectivity index (χ3v) is 4.57. The van der Waals surface area contributed by atoms with Gasteiger partial charge in [0.25, 0.3) is 0 Å². The third kappa shape index (κ3) is 3.75. The van der Waals surface area contributed by atoms with Crippen molar-refractivity contribution in [3.05, 3.63) is 29.8 Å². The molecule has 3 N–H and O–H groups in total. The van der Waals surface area contributed by atoms with Gasteiger partial charge in [-0.15, -0.1) is 0 Å². The van der Waals surface area contributed by atoms with Crippen LogP contribution in [-0.2, 0) is 0 Å². The number of ether oxygens (including phenoxy) is 1. The number of aliphatic hydroxyl groups excluding tert-OH is 1. The normalized spacial score (nSPS) is 23.8. The van der Waals surface area contributed by atoms with Crippen LogP contribution in [0.5, 0.6) is 5.75 Å². The summed E-state index contributed by atoms with van der Waals surface area (Å²) in [6.07, 6.45) is -4.90. The van der Waals surface area contributed by atoms with E-state index >= 15 is 0 Å². The Morgan fingerprint density at radius 3 is 2.33 bits per heavy atom. The zero-order chi connectivity index (χ0) is 18.1. The van der Waals surface area contributed by atoms with Gasteiger partial charge in [0.15, 0.2) is 6.04 Å². The molecule has 1 saturated carbocycles. The number of amides is 2. The molecule has 8 heteroatoms. The van der Waals surface area contributed by atoms with Gasteiger partial charge in [-0.25, -0.2) is 4.79 Å². The standard InChI is InChI=1S/C16H21F3N2O3/c1-15(2)11(8-12(15)22)20-14(23)21-13(16(17,18)19)9-4-6-10(24-3)7-5-9/h4-7,11-13,22H,8H2,1-3H3,(H2,20,21,23). The molecule has 24 heavy (non-hydrogen) atoms. The van der Waals surface area contributed by atoms with Gasteiger partial charge in [-0.05, 0) is 24.1 Å². The van der Waals surface area contributed by atoms with E-state index in [0.717, 1.165) is 0 Å². The van der Waals surface area contributed by atoms with Crippen molar-refractivity contribution in [1.29, 1.82) is 0 Å². The highest BCUT2D eigenvalue weighted by molar-refractivity contribution is 5.75. The highest BCUT2D eigenvalue weighted by atomic mass is 19.4. The van der Waals surface area contributed by atoms with Crippen molar-refractivity contribution < 1.29 is 27.8 Å². The van der Waals surface area contributed by atoms with Crippen LogP contribution in [-0.4, -0.2) is 36.6 Å². The van der Waals surface area contributed by atoms with E-state index < -0.39 is 29.8 Å². The Balaban J connectivity index is 2.07. The van der Waals surface area contributed by atoms with Gasteiger partial charge >= 0.3 is 12.2 Å². The maximum absolute atomic E-state index is 13.3. The first kappa shape index (κ1) is 18.4. The number of methoxy groups -OCH3 is 1. The topological polar surface area (TPSA) is 70.6 Å². The van der Waals surface area contributed by atoms with Gasteiger partial charge in [-0.2, -0.15) is 13.2 Å². The summed E-state index contributed by atoms with van der Waals surface area (Å²) < 4.78 is 44.8. The van der Waals surface area contributed by atoms with E-state index in [0.29, 0.717) is 12.2 Å². The smallest absolute Gasteiger partial charge is 0.412 e. The number of alkyl halides is 3. The molecule has 0 spiro atoms. The number of hydrogen-bond donors (Lipinski definition) is 3. The Kier molecular flexibility index (Phi) is 4.98. The Hall–Kier alpha value is -1.96. The molecule has 1 aromatic carbocycles. The fourth-order valence-electron chi connectivity index (χ4n) is 2.63. The number of aliphatic hydroxyl groups is 1. The molecule has 0 saturated heterocycles. The second-order valence-electron chi connectivity index (χ2n) is 6.49. The van der Waals surface area contributed by atoms with Crippen molar-refractivity contribution in [3.8, 4) is 5.75 Å². The molecule has 1 aliphatic carbocycles. The van der Waals surface area contributed by atoms with Crippen LogP contribution in [0.2, 0.25) is 0 Å². The van der Waals surface area contributed by atoms with Crippen LogP contribution in [0.4, 0.5) is 18.0 Å². The highest BCUT2D eigenvalue weighted by Gasteiger charge is 2.49. The summed E-state index contributed by atoms with van der Waals surface area (Å²) in [5.74, 6) is 0.425. The molecule has 3 atom stereocenters. The molecule has 0 radical (unpaired) electrons. The minimum atomic E-state index is -4.64. The van der Waals surface area contributed by atoms with E-state index in [-0.39, 0.29) is 11.6 Å². The van der Waals surface area contributed by atoms with Gasteiger partial charge in [0.1, 0.15) is 5.75 Å². The Bertz CT molecular complexity index is 587. The number of carbonyl (C=O) groups is 1. The van der Waals surface area contributed by atoms with Crippen molar-refractivity contribution in [3.63, 3.8) is 0 Å². The average molecular weight is 346 g/mol. The second kappa shape index (κ2) is 6.51. The third-order valence-electron chi connectivity index (χ3n) is 4.57. The number of urea groups is 1. The number of carbonyl (C=O) groups excluding carboxylic acids is 1. The van der Waals surface area contributed by atoms with Crippen molar-refractivity contribution in [2.75, 3.05) is 7.11 Å².